The molecule has 0 bridgehead atoms. The molecule has 0 spiro atoms. The number of hydrogen-bond acceptors (Lipinski definition) is 2. The third-order valence-corrected chi connectivity index (χ3v) is 2.69. The number of rotatable bonds is 6. The summed E-state index contributed by atoms with van der Waals surface area (Å²) in [5.41, 5.74) is 0.232. The summed E-state index contributed by atoms with van der Waals surface area (Å²) < 4.78 is 5.50. The minimum atomic E-state index is -0.724. The van der Waals surface area contributed by atoms with Gasteiger partial charge in [-0.05, 0) is 37.5 Å². The molecule has 90 valence electrons. The van der Waals surface area contributed by atoms with Crippen molar-refractivity contribution in [2.45, 2.75) is 45.6 Å². The zero-order valence-electron chi connectivity index (χ0n) is 10.5. The van der Waals surface area contributed by atoms with Crippen molar-refractivity contribution < 1.29 is 9.84 Å². The van der Waals surface area contributed by atoms with E-state index in [1.54, 1.807) is 0 Å². The predicted octanol–water partition coefficient (Wildman–Crippen LogP) is 3.48. The highest BCUT2D eigenvalue weighted by molar-refractivity contribution is 5.30. The Morgan fingerprint density at radius 3 is 2.25 bits per heavy atom. The van der Waals surface area contributed by atoms with Crippen LogP contribution in [-0.2, 0) is 5.60 Å². The molecule has 0 aromatic heterocycles. The average Bonchev–Trinajstić information content (AvgIpc) is 2.27. The third-order valence-electron chi connectivity index (χ3n) is 2.69. The summed E-state index contributed by atoms with van der Waals surface area (Å²) in [4.78, 5) is 0. The van der Waals surface area contributed by atoms with Gasteiger partial charge < -0.3 is 9.84 Å². The van der Waals surface area contributed by atoms with Crippen molar-refractivity contribution in [1.82, 2.24) is 0 Å². The van der Waals surface area contributed by atoms with E-state index < -0.39 is 5.60 Å². The molecule has 1 unspecified atom stereocenters. The van der Waals surface area contributed by atoms with Crippen molar-refractivity contribution in [2.75, 3.05) is 6.61 Å². The van der Waals surface area contributed by atoms with Gasteiger partial charge in [-0.2, -0.15) is 0 Å². The topological polar surface area (TPSA) is 29.5 Å². The minimum absolute atomic E-state index is 0.724. The molecule has 1 aromatic rings. The van der Waals surface area contributed by atoms with E-state index >= 15 is 0 Å². The second kappa shape index (κ2) is 5.90. The summed E-state index contributed by atoms with van der Waals surface area (Å²) >= 11 is 0. The fourth-order valence-corrected chi connectivity index (χ4v) is 1.76. The molecule has 0 aliphatic carbocycles. The smallest absolute Gasteiger partial charge is 0.119 e. The van der Waals surface area contributed by atoms with Crippen LogP contribution in [0.3, 0.4) is 0 Å². The standard InChI is InChI=1S/C14H22O2/c1-4-10-14(3,15)12-6-8-13(9-7-12)16-11-5-2/h6-9,15H,4-5,10-11H2,1-3H3. The maximum absolute atomic E-state index is 10.2. The van der Waals surface area contributed by atoms with Gasteiger partial charge in [0.15, 0.2) is 0 Å². The minimum Gasteiger partial charge on any atom is -0.494 e. The summed E-state index contributed by atoms with van der Waals surface area (Å²) in [6, 6.07) is 7.74. The lowest BCUT2D eigenvalue weighted by molar-refractivity contribution is 0.0469. The molecule has 2 nitrogen and oxygen atoms in total. The van der Waals surface area contributed by atoms with E-state index in [9.17, 15) is 5.11 Å². The molecule has 0 aliphatic heterocycles. The summed E-state index contributed by atoms with van der Waals surface area (Å²) in [6.45, 7) is 6.76. The Labute approximate surface area is 98.3 Å². The Bertz CT molecular complexity index is 301. The lowest BCUT2D eigenvalue weighted by Gasteiger charge is -2.23. The molecule has 1 N–H and O–H groups in total. The second-order valence-corrected chi connectivity index (χ2v) is 4.40. The molecule has 2 heteroatoms. The van der Waals surface area contributed by atoms with E-state index in [2.05, 4.69) is 13.8 Å². The van der Waals surface area contributed by atoms with Gasteiger partial charge in [-0.25, -0.2) is 0 Å². The summed E-state index contributed by atoms with van der Waals surface area (Å²) in [5.74, 6) is 0.873. The maximum Gasteiger partial charge on any atom is 0.119 e. The Hall–Kier alpha value is -1.02. The fraction of sp³-hybridized carbons (Fsp3) is 0.571. The monoisotopic (exact) mass is 222 g/mol. The zero-order chi connectivity index (χ0) is 12.0. The highest BCUT2D eigenvalue weighted by Gasteiger charge is 2.21. The molecule has 1 rings (SSSR count). The Morgan fingerprint density at radius 2 is 1.75 bits per heavy atom. The quantitative estimate of drug-likeness (QED) is 0.798. The van der Waals surface area contributed by atoms with Crippen LogP contribution in [0.25, 0.3) is 0 Å². The van der Waals surface area contributed by atoms with Crippen molar-refractivity contribution >= 4 is 0 Å². The number of benzene rings is 1. The van der Waals surface area contributed by atoms with E-state index in [1.807, 2.05) is 31.2 Å². The first-order chi connectivity index (χ1) is 7.60. The van der Waals surface area contributed by atoms with Crippen molar-refractivity contribution in [2.24, 2.45) is 0 Å². The van der Waals surface area contributed by atoms with Gasteiger partial charge in [0.25, 0.3) is 0 Å². The van der Waals surface area contributed by atoms with E-state index in [4.69, 9.17) is 4.74 Å². The molecule has 0 fully saturated rings. The van der Waals surface area contributed by atoms with E-state index in [0.29, 0.717) is 0 Å². The lowest BCUT2D eigenvalue weighted by atomic mass is 9.91. The van der Waals surface area contributed by atoms with Crippen LogP contribution in [0.1, 0.15) is 45.6 Å². The first-order valence-corrected chi connectivity index (χ1v) is 6.06. The van der Waals surface area contributed by atoms with E-state index in [1.165, 1.54) is 0 Å². The summed E-state index contributed by atoms with van der Waals surface area (Å²) in [7, 11) is 0. The molecule has 16 heavy (non-hydrogen) atoms. The summed E-state index contributed by atoms with van der Waals surface area (Å²) in [5, 5.41) is 10.2. The molecule has 0 amide bonds. The number of ether oxygens (including phenoxy) is 1. The van der Waals surface area contributed by atoms with Crippen LogP contribution in [0.15, 0.2) is 24.3 Å². The van der Waals surface area contributed by atoms with Crippen LogP contribution in [0.5, 0.6) is 5.75 Å². The van der Waals surface area contributed by atoms with Crippen molar-refractivity contribution in [3.05, 3.63) is 29.8 Å². The average molecular weight is 222 g/mol. The highest BCUT2D eigenvalue weighted by Crippen LogP contribution is 2.27. The van der Waals surface area contributed by atoms with Gasteiger partial charge in [0.1, 0.15) is 5.75 Å². The van der Waals surface area contributed by atoms with Crippen molar-refractivity contribution in [3.8, 4) is 5.75 Å². The largest absolute Gasteiger partial charge is 0.494 e. The molecule has 0 heterocycles. The van der Waals surface area contributed by atoms with Crippen LogP contribution in [0, 0.1) is 0 Å². The first kappa shape index (κ1) is 13.0. The zero-order valence-corrected chi connectivity index (χ0v) is 10.5. The molecule has 1 atom stereocenters. The highest BCUT2D eigenvalue weighted by atomic mass is 16.5. The van der Waals surface area contributed by atoms with Gasteiger partial charge >= 0.3 is 0 Å². The molecule has 1 aromatic carbocycles. The van der Waals surface area contributed by atoms with Crippen LogP contribution in [-0.4, -0.2) is 11.7 Å². The third kappa shape index (κ3) is 3.53. The number of hydrogen-bond donors (Lipinski definition) is 1. The van der Waals surface area contributed by atoms with Gasteiger partial charge in [-0.1, -0.05) is 32.4 Å². The van der Waals surface area contributed by atoms with Crippen LogP contribution < -0.4 is 4.74 Å². The van der Waals surface area contributed by atoms with Crippen LogP contribution in [0.2, 0.25) is 0 Å². The Balaban J connectivity index is 2.70. The van der Waals surface area contributed by atoms with Gasteiger partial charge in [0.05, 0.1) is 12.2 Å². The maximum atomic E-state index is 10.2. The number of aliphatic hydroxyl groups is 1. The summed E-state index contributed by atoms with van der Waals surface area (Å²) in [6.07, 6.45) is 2.76. The van der Waals surface area contributed by atoms with Crippen molar-refractivity contribution in [3.63, 3.8) is 0 Å². The van der Waals surface area contributed by atoms with Gasteiger partial charge in [0.2, 0.25) is 0 Å². The lowest BCUT2D eigenvalue weighted by Crippen LogP contribution is -2.20. The molecular weight excluding hydrogens is 200 g/mol. The van der Waals surface area contributed by atoms with Crippen molar-refractivity contribution in [1.29, 1.82) is 0 Å². The molecule has 0 saturated heterocycles. The second-order valence-electron chi connectivity index (χ2n) is 4.40. The molecule has 0 saturated carbocycles. The van der Waals surface area contributed by atoms with E-state index in [0.717, 1.165) is 37.2 Å². The first-order valence-electron chi connectivity index (χ1n) is 6.06. The van der Waals surface area contributed by atoms with Gasteiger partial charge in [-0.15, -0.1) is 0 Å². The normalized spacial score (nSPS) is 14.5. The van der Waals surface area contributed by atoms with E-state index in [-0.39, 0.29) is 0 Å². The fourth-order valence-electron chi connectivity index (χ4n) is 1.76. The van der Waals surface area contributed by atoms with Crippen LogP contribution >= 0.6 is 0 Å². The predicted molar refractivity (Wildman–Crippen MR) is 66.7 cm³/mol. The van der Waals surface area contributed by atoms with Gasteiger partial charge in [0, 0.05) is 0 Å². The van der Waals surface area contributed by atoms with Gasteiger partial charge in [-0.3, -0.25) is 0 Å². The molecular formula is C14H22O2. The Morgan fingerprint density at radius 1 is 1.12 bits per heavy atom. The molecule has 0 aliphatic rings. The SMILES string of the molecule is CCCOc1ccc(C(C)(O)CCC)cc1. The molecule has 0 radical (unpaired) electrons. The Kier molecular flexibility index (Phi) is 4.81. The van der Waals surface area contributed by atoms with Crippen LogP contribution in [0.4, 0.5) is 0 Å².